The maximum absolute atomic E-state index is 9.34. The van der Waals surface area contributed by atoms with E-state index in [1.807, 2.05) is 47.1 Å². The van der Waals surface area contributed by atoms with E-state index in [9.17, 15) is 5.11 Å². The fraction of sp³-hybridized carbons (Fsp3) is 0.294. The van der Waals surface area contributed by atoms with Gasteiger partial charge in [-0.05, 0) is 23.8 Å². The van der Waals surface area contributed by atoms with Crippen LogP contribution in [0.3, 0.4) is 0 Å². The zero-order valence-electron chi connectivity index (χ0n) is 12.7. The molecule has 3 heterocycles. The number of nitrogens with zero attached hydrogens (tertiary/aromatic N) is 4. The van der Waals surface area contributed by atoms with Crippen molar-refractivity contribution < 1.29 is 9.84 Å². The molecule has 0 amide bonds. The molecule has 1 aliphatic heterocycles. The van der Waals surface area contributed by atoms with Crippen LogP contribution in [-0.4, -0.2) is 46.0 Å². The monoisotopic (exact) mass is 310 g/mol. The van der Waals surface area contributed by atoms with Crippen molar-refractivity contribution in [3.8, 4) is 11.4 Å². The molecule has 1 aromatic carbocycles. The van der Waals surface area contributed by atoms with Crippen molar-refractivity contribution >= 4 is 11.3 Å². The van der Waals surface area contributed by atoms with Crippen LogP contribution in [0.4, 0.5) is 5.82 Å². The summed E-state index contributed by atoms with van der Waals surface area (Å²) in [6.45, 7) is 3.09. The first-order valence-electron chi connectivity index (χ1n) is 7.73. The summed E-state index contributed by atoms with van der Waals surface area (Å²) in [5, 5.41) is 13.9. The molecule has 23 heavy (non-hydrogen) atoms. The fourth-order valence-electron chi connectivity index (χ4n) is 2.86. The molecule has 6 nitrogen and oxygen atoms in total. The van der Waals surface area contributed by atoms with E-state index in [-0.39, 0.29) is 6.61 Å². The average molecular weight is 310 g/mol. The third-order valence-electron chi connectivity index (χ3n) is 4.05. The Hall–Kier alpha value is -2.44. The van der Waals surface area contributed by atoms with E-state index >= 15 is 0 Å². The minimum Gasteiger partial charge on any atom is -0.392 e. The predicted molar refractivity (Wildman–Crippen MR) is 87.4 cm³/mol. The molecule has 0 saturated carbocycles. The minimum absolute atomic E-state index is 0.00985. The van der Waals surface area contributed by atoms with Crippen LogP contribution >= 0.6 is 0 Å². The maximum atomic E-state index is 9.34. The summed E-state index contributed by atoms with van der Waals surface area (Å²) < 4.78 is 7.30. The lowest BCUT2D eigenvalue weighted by Crippen LogP contribution is -2.37. The summed E-state index contributed by atoms with van der Waals surface area (Å²) >= 11 is 0. The summed E-state index contributed by atoms with van der Waals surface area (Å²) in [6, 6.07) is 11.7. The number of fused-ring (bicyclic) bond motifs is 1. The highest BCUT2D eigenvalue weighted by atomic mass is 16.5. The van der Waals surface area contributed by atoms with Gasteiger partial charge in [-0.3, -0.25) is 0 Å². The number of hydrogen-bond donors (Lipinski definition) is 1. The van der Waals surface area contributed by atoms with Gasteiger partial charge in [0.1, 0.15) is 5.52 Å². The van der Waals surface area contributed by atoms with Crippen LogP contribution in [0.5, 0.6) is 0 Å². The first-order valence-corrected chi connectivity index (χ1v) is 7.73. The second-order valence-corrected chi connectivity index (χ2v) is 5.55. The lowest BCUT2D eigenvalue weighted by atomic mass is 10.1. The number of aliphatic hydroxyl groups is 1. The summed E-state index contributed by atoms with van der Waals surface area (Å²) in [5.74, 6) is 1.59. The highest BCUT2D eigenvalue weighted by Gasteiger charge is 2.18. The summed E-state index contributed by atoms with van der Waals surface area (Å²) in [4.78, 5) is 7.04. The van der Waals surface area contributed by atoms with Crippen LogP contribution in [0.15, 0.2) is 42.6 Å². The van der Waals surface area contributed by atoms with Crippen LogP contribution in [0.1, 0.15) is 5.56 Å². The lowest BCUT2D eigenvalue weighted by Gasteiger charge is -2.28. The molecule has 3 aromatic rings. The highest BCUT2D eigenvalue weighted by molar-refractivity contribution is 5.71. The zero-order chi connectivity index (χ0) is 15.6. The van der Waals surface area contributed by atoms with Gasteiger partial charge in [-0.1, -0.05) is 18.2 Å². The van der Waals surface area contributed by atoms with Gasteiger partial charge < -0.3 is 14.7 Å². The molecule has 6 heteroatoms. The van der Waals surface area contributed by atoms with Crippen molar-refractivity contribution in [3.05, 3.63) is 48.2 Å². The molecule has 4 rings (SSSR count). The number of benzene rings is 1. The second-order valence-electron chi connectivity index (χ2n) is 5.55. The highest BCUT2D eigenvalue weighted by Crippen LogP contribution is 2.25. The van der Waals surface area contributed by atoms with Gasteiger partial charge in [-0.2, -0.15) is 0 Å². The lowest BCUT2D eigenvalue weighted by molar-refractivity contribution is 0.122. The summed E-state index contributed by atoms with van der Waals surface area (Å²) in [7, 11) is 0. The van der Waals surface area contributed by atoms with Crippen LogP contribution in [0, 0.1) is 0 Å². The smallest absolute Gasteiger partial charge is 0.182 e. The Morgan fingerprint density at radius 3 is 2.83 bits per heavy atom. The SMILES string of the molecule is OCc1cccc(-c2nc(N3CCOCC3)c3cccn3n2)c1. The Morgan fingerprint density at radius 2 is 2.00 bits per heavy atom. The number of rotatable bonds is 3. The van der Waals surface area contributed by atoms with Crippen LogP contribution in [0.2, 0.25) is 0 Å². The van der Waals surface area contributed by atoms with E-state index in [2.05, 4.69) is 10.00 Å². The molecule has 2 aromatic heterocycles. The summed E-state index contributed by atoms with van der Waals surface area (Å²) in [6.07, 6.45) is 1.93. The van der Waals surface area contributed by atoms with Gasteiger partial charge in [-0.15, -0.1) is 5.10 Å². The number of aliphatic hydroxyl groups excluding tert-OH is 1. The number of anilines is 1. The zero-order valence-corrected chi connectivity index (χ0v) is 12.7. The van der Waals surface area contributed by atoms with Gasteiger partial charge >= 0.3 is 0 Å². The van der Waals surface area contributed by atoms with Crippen LogP contribution in [0.25, 0.3) is 16.9 Å². The number of hydrogen-bond acceptors (Lipinski definition) is 5. The molecule has 1 aliphatic rings. The molecular formula is C17H18N4O2. The standard InChI is InChI=1S/C17H18N4O2/c22-12-13-3-1-4-14(11-13)16-18-17(20-7-9-23-10-8-20)15-5-2-6-21(15)19-16/h1-6,11,22H,7-10,12H2. The molecule has 0 unspecified atom stereocenters. The number of ether oxygens (including phenoxy) is 1. The van der Waals surface area contributed by atoms with E-state index in [0.717, 1.165) is 35.6 Å². The van der Waals surface area contributed by atoms with Crippen molar-refractivity contribution in [2.24, 2.45) is 0 Å². The number of morpholine rings is 1. The van der Waals surface area contributed by atoms with Gasteiger partial charge in [0.05, 0.1) is 19.8 Å². The third kappa shape index (κ3) is 2.67. The van der Waals surface area contributed by atoms with Crippen molar-refractivity contribution in [2.45, 2.75) is 6.61 Å². The Kier molecular flexibility index (Phi) is 3.69. The Bertz CT molecular complexity index is 824. The van der Waals surface area contributed by atoms with Gasteiger partial charge in [0, 0.05) is 24.8 Å². The molecule has 1 N–H and O–H groups in total. The van der Waals surface area contributed by atoms with Gasteiger partial charge in [-0.25, -0.2) is 9.50 Å². The topological polar surface area (TPSA) is 62.9 Å². The Labute approximate surface area is 134 Å². The molecule has 0 bridgehead atoms. The third-order valence-corrected chi connectivity index (χ3v) is 4.05. The van der Waals surface area contributed by atoms with Crippen molar-refractivity contribution in [3.63, 3.8) is 0 Å². The largest absolute Gasteiger partial charge is 0.392 e. The number of aromatic nitrogens is 3. The molecule has 0 atom stereocenters. The van der Waals surface area contributed by atoms with Crippen molar-refractivity contribution in [1.82, 2.24) is 14.6 Å². The van der Waals surface area contributed by atoms with Crippen LogP contribution in [-0.2, 0) is 11.3 Å². The van der Waals surface area contributed by atoms with E-state index in [0.29, 0.717) is 19.0 Å². The maximum Gasteiger partial charge on any atom is 0.182 e. The predicted octanol–water partition coefficient (Wildman–Crippen LogP) is 1.73. The average Bonchev–Trinajstić information content (AvgIpc) is 3.10. The van der Waals surface area contributed by atoms with Crippen LogP contribution < -0.4 is 4.90 Å². The first-order chi connectivity index (χ1) is 11.3. The summed E-state index contributed by atoms with van der Waals surface area (Å²) in [5.41, 5.74) is 2.75. The van der Waals surface area contributed by atoms with Gasteiger partial charge in [0.25, 0.3) is 0 Å². The normalized spacial score (nSPS) is 15.3. The molecule has 0 spiro atoms. The van der Waals surface area contributed by atoms with E-state index in [4.69, 9.17) is 9.72 Å². The molecule has 0 aliphatic carbocycles. The first kappa shape index (κ1) is 14.2. The van der Waals surface area contributed by atoms with Gasteiger partial charge in [0.15, 0.2) is 11.6 Å². The molecule has 118 valence electrons. The van der Waals surface area contributed by atoms with E-state index < -0.39 is 0 Å². The van der Waals surface area contributed by atoms with Crippen molar-refractivity contribution in [1.29, 1.82) is 0 Å². The fourth-order valence-corrected chi connectivity index (χ4v) is 2.86. The van der Waals surface area contributed by atoms with Gasteiger partial charge in [0.2, 0.25) is 0 Å². The second kappa shape index (κ2) is 5.98. The Balaban J connectivity index is 1.83. The molecular weight excluding hydrogens is 292 g/mol. The van der Waals surface area contributed by atoms with E-state index in [1.54, 1.807) is 0 Å². The Morgan fingerprint density at radius 1 is 1.13 bits per heavy atom. The molecule has 1 fully saturated rings. The molecule has 1 saturated heterocycles. The van der Waals surface area contributed by atoms with Crippen molar-refractivity contribution in [2.75, 3.05) is 31.2 Å². The molecule has 0 radical (unpaired) electrons. The van der Waals surface area contributed by atoms with E-state index in [1.165, 1.54) is 0 Å². The minimum atomic E-state index is 0.00985. The quantitative estimate of drug-likeness (QED) is 0.798.